The number of hydrogen-bond acceptors (Lipinski definition) is 4. The fourth-order valence-corrected chi connectivity index (χ4v) is 3.03. The number of aliphatic imine (C=N–C) groups is 1. The number of carbonyl (C=O) groups excluding carboxylic acids is 1. The van der Waals surface area contributed by atoms with E-state index in [4.69, 9.17) is 5.73 Å². The molecule has 1 saturated heterocycles. The number of carbonyl (C=O) groups is 1. The van der Waals surface area contributed by atoms with Crippen molar-refractivity contribution >= 4 is 11.9 Å². The van der Waals surface area contributed by atoms with Crippen LogP contribution in [0.15, 0.2) is 23.2 Å². The molecule has 28 heavy (non-hydrogen) atoms. The average molecular weight is 401 g/mol. The standard InChI is InChI=1S/C18H26F3N5O2/c1-2-23-18(25-12-6-8-26(9-7-12)11-16(22)27)24-10-13-14(19)4-3-5-15(13)28-17(20)21/h3-5,12,17H,2,6-11H2,1H3,(H2,22,27)(H2,23,24,25). The average Bonchev–Trinajstić information content (AvgIpc) is 2.62. The molecule has 1 aliphatic rings. The van der Waals surface area contributed by atoms with Gasteiger partial charge < -0.3 is 21.1 Å². The lowest BCUT2D eigenvalue weighted by Crippen LogP contribution is -2.49. The molecule has 10 heteroatoms. The van der Waals surface area contributed by atoms with Gasteiger partial charge in [0.1, 0.15) is 11.6 Å². The normalized spacial score (nSPS) is 16.2. The molecule has 1 aromatic rings. The summed E-state index contributed by atoms with van der Waals surface area (Å²) in [5.74, 6) is -0.776. The highest BCUT2D eigenvalue weighted by molar-refractivity contribution is 5.80. The van der Waals surface area contributed by atoms with E-state index in [0.29, 0.717) is 12.5 Å². The van der Waals surface area contributed by atoms with Crippen LogP contribution in [-0.2, 0) is 11.3 Å². The van der Waals surface area contributed by atoms with Crippen LogP contribution < -0.4 is 21.1 Å². The van der Waals surface area contributed by atoms with Crippen molar-refractivity contribution in [2.45, 2.75) is 39.0 Å². The Morgan fingerprint density at radius 2 is 2.11 bits per heavy atom. The maximum absolute atomic E-state index is 14.1. The van der Waals surface area contributed by atoms with Crippen LogP contribution in [0.25, 0.3) is 0 Å². The topological polar surface area (TPSA) is 92.0 Å². The van der Waals surface area contributed by atoms with E-state index in [1.165, 1.54) is 18.2 Å². The van der Waals surface area contributed by atoms with Gasteiger partial charge in [0.25, 0.3) is 0 Å². The van der Waals surface area contributed by atoms with E-state index in [1.54, 1.807) is 0 Å². The molecule has 1 aromatic carbocycles. The van der Waals surface area contributed by atoms with Crippen molar-refractivity contribution in [2.75, 3.05) is 26.2 Å². The number of nitrogens with two attached hydrogens (primary N) is 1. The predicted octanol–water partition coefficient (Wildman–Crippen LogP) is 1.43. The molecule has 1 fully saturated rings. The number of rotatable bonds is 8. The lowest BCUT2D eigenvalue weighted by Gasteiger charge is -2.32. The third kappa shape index (κ3) is 6.91. The van der Waals surface area contributed by atoms with Gasteiger partial charge >= 0.3 is 6.61 Å². The molecule has 0 spiro atoms. The molecule has 1 aliphatic heterocycles. The van der Waals surface area contributed by atoms with E-state index in [0.717, 1.165) is 25.9 Å². The van der Waals surface area contributed by atoms with Crippen molar-refractivity contribution in [1.29, 1.82) is 0 Å². The Morgan fingerprint density at radius 3 is 2.71 bits per heavy atom. The van der Waals surface area contributed by atoms with Gasteiger partial charge in [-0.2, -0.15) is 8.78 Å². The first-order valence-electron chi connectivity index (χ1n) is 9.16. The van der Waals surface area contributed by atoms with Gasteiger partial charge in [0.15, 0.2) is 5.96 Å². The second kappa shape index (κ2) is 10.7. The summed E-state index contributed by atoms with van der Waals surface area (Å²) in [5.41, 5.74) is 5.18. The second-order valence-corrected chi connectivity index (χ2v) is 6.45. The van der Waals surface area contributed by atoms with Crippen LogP contribution in [0.4, 0.5) is 13.2 Å². The highest BCUT2D eigenvalue weighted by Gasteiger charge is 2.21. The minimum absolute atomic E-state index is 0.0312. The summed E-state index contributed by atoms with van der Waals surface area (Å²) in [5, 5.41) is 6.33. The number of nitrogens with zero attached hydrogens (tertiary/aromatic N) is 2. The summed E-state index contributed by atoms with van der Waals surface area (Å²) in [7, 11) is 0. The van der Waals surface area contributed by atoms with Crippen molar-refractivity contribution < 1.29 is 22.7 Å². The summed E-state index contributed by atoms with van der Waals surface area (Å²) in [4.78, 5) is 17.3. The maximum Gasteiger partial charge on any atom is 0.387 e. The molecule has 1 heterocycles. The van der Waals surface area contributed by atoms with Crippen molar-refractivity contribution in [3.63, 3.8) is 0 Å². The molecule has 0 unspecified atom stereocenters. The van der Waals surface area contributed by atoms with Gasteiger partial charge in [-0.25, -0.2) is 9.38 Å². The Labute approximate surface area is 162 Å². The molecule has 1 amide bonds. The molecular weight excluding hydrogens is 375 g/mol. The zero-order valence-electron chi connectivity index (χ0n) is 15.8. The van der Waals surface area contributed by atoms with Crippen LogP contribution in [0.2, 0.25) is 0 Å². The van der Waals surface area contributed by atoms with Gasteiger partial charge in [0.05, 0.1) is 18.7 Å². The summed E-state index contributed by atoms with van der Waals surface area (Å²) >= 11 is 0. The van der Waals surface area contributed by atoms with Gasteiger partial charge in [-0.3, -0.25) is 9.69 Å². The van der Waals surface area contributed by atoms with Crippen molar-refractivity contribution in [3.05, 3.63) is 29.6 Å². The number of primary amides is 1. The number of likely N-dealkylation sites (tertiary alicyclic amines) is 1. The number of guanidine groups is 1. The zero-order chi connectivity index (χ0) is 20.5. The van der Waals surface area contributed by atoms with E-state index in [9.17, 15) is 18.0 Å². The molecule has 0 atom stereocenters. The number of hydrogen-bond donors (Lipinski definition) is 3. The van der Waals surface area contributed by atoms with Crippen LogP contribution >= 0.6 is 0 Å². The summed E-state index contributed by atoms with van der Waals surface area (Å²) < 4.78 is 43.5. The molecule has 0 bridgehead atoms. The molecule has 0 aliphatic carbocycles. The van der Waals surface area contributed by atoms with Crippen LogP contribution in [0, 0.1) is 5.82 Å². The fraction of sp³-hybridized carbons (Fsp3) is 0.556. The molecule has 2 rings (SSSR count). The first-order chi connectivity index (χ1) is 13.4. The molecule has 7 nitrogen and oxygen atoms in total. The van der Waals surface area contributed by atoms with Gasteiger partial charge in [-0.1, -0.05) is 6.07 Å². The Balaban J connectivity index is 2.01. The molecule has 0 aromatic heterocycles. The molecule has 4 N–H and O–H groups in total. The van der Waals surface area contributed by atoms with Crippen LogP contribution in [0.1, 0.15) is 25.3 Å². The number of nitrogens with one attached hydrogen (secondary N) is 2. The summed E-state index contributed by atoms with van der Waals surface area (Å²) in [6.45, 7) is 0.970. The molecule has 156 valence electrons. The quantitative estimate of drug-likeness (QED) is 0.453. The number of amides is 1. The lowest BCUT2D eigenvalue weighted by atomic mass is 10.1. The second-order valence-electron chi connectivity index (χ2n) is 6.45. The summed E-state index contributed by atoms with van der Waals surface area (Å²) in [6.07, 6.45) is 1.58. The monoisotopic (exact) mass is 401 g/mol. The van der Waals surface area contributed by atoms with E-state index >= 15 is 0 Å². The van der Waals surface area contributed by atoms with E-state index in [2.05, 4.69) is 20.4 Å². The first kappa shape index (κ1) is 21.8. The van der Waals surface area contributed by atoms with Gasteiger partial charge in [-0.05, 0) is 31.9 Å². The maximum atomic E-state index is 14.1. The Kier molecular flexibility index (Phi) is 8.37. The number of piperidine rings is 1. The SMILES string of the molecule is CCNC(=NCc1c(F)cccc1OC(F)F)NC1CCN(CC(N)=O)CC1. The first-order valence-corrected chi connectivity index (χ1v) is 9.16. The van der Waals surface area contributed by atoms with Crippen molar-refractivity contribution in [3.8, 4) is 5.75 Å². The number of ether oxygens (including phenoxy) is 1. The number of halogens is 3. The smallest absolute Gasteiger partial charge is 0.387 e. The Bertz CT molecular complexity index is 679. The number of alkyl halides is 2. The van der Waals surface area contributed by atoms with E-state index < -0.39 is 12.4 Å². The van der Waals surface area contributed by atoms with E-state index in [-0.39, 0.29) is 36.4 Å². The van der Waals surface area contributed by atoms with Crippen LogP contribution in [0.5, 0.6) is 5.75 Å². The Hall–Kier alpha value is -2.49. The fourth-order valence-electron chi connectivity index (χ4n) is 3.03. The van der Waals surface area contributed by atoms with Crippen LogP contribution in [0.3, 0.4) is 0 Å². The highest BCUT2D eigenvalue weighted by atomic mass is 19.3. The third-order valence-corrected chi connectivity index (χ3v) is 4.34. The lowest BCUT2D eigenvalue weighted by molar-refractivity contribution is -0.119. The minimum atomic E-state index is -3.04. The van der Waals surface area contributed by atoms with Crippen molar-refractivity contribution in [1.82, 2.24) is 15.5 Å². The molecule has 0 saturated carbocycles. The van der Waals surface area contributed by atoms with Gasteiger partial charge in [0, 0.05) is 25.7 Å². The number of benzene rings is 1. The Morgan fingerprint density at radius 1 is 1.39 bits per heavy atom. The van der Waals surface area contributed by atoms with Gasteiger partial charge in [0.2, 0.25) is 5.91 Å². The largest absolute Gasteiger partial charge is 0.434 e. The van der Waals surface area contributed by atoms with Crippen molar-refractivity contribution in [2.24, 2.45) is 10.7 Å². The molecule has 0 radical (unpaired) electrons. The third-order valence-electron chi connectivity index (χ3n) is 4.34. The predicted molar refractivity (Wildman–Crippen MR) is 99.6 cm³/mol. The van der Waals surface area contributed by atoms with Gasteiger partial charge in [-0.15, -0.1) is 0 Å². The zero-order valence-corrected chi connectivity index (χ0v) is 15.8. The molecular formula is C18H26F3N5O2. The van der Waals surface area contributed by atoms with Crippen LogP contribution in [-0.4, -0.2) is 55.6 Å². The minimum Gasteiger partial charge on any atom is -0.434 e. The highest BCUT2D eigenvalue weighted by Crippen LogP contribution is 2.24. The van der Waals surface area contributed by atoms with E-state index in [1.807, 2.05) is 11.8 Å². The summed E-state index contributed by atoms with van der Waals surface area (Å²) in [6, 6.07) is 3.90.